The summed E-state index contributed by atoms with van der Waals surface area (Å²) in [5.41, 5.74) is 2.52. The molecule has 0 saturated carbocycles. The van der Waals surface area contributed by atoms with E-state index in [0.717, 1.165) is 23.6 Å². The topological polar surface area (TPSA) is 56.1 Å². The Morgan fingerprint density at radius 2 is 1.89 bits per heavy atom. The van der Waals surface area contributed by atoms with Crippen molar-refractivity contribution in [2.45, 2.75) is 19.8 Å². The Bertz CT molecular complexity index is 995. The Labute approximate surface area is 156 Å². The van der Waals surface area contributed by atoms with Gasteiger partial charge >= 0.3 is 0 Å². The third-order valence-electron chi connectivity index (χ3n) is 4.78. The number of Topliss-reactive ketones (excluding diaryl/α,β-unsaturated/α-hetero) is 1. The van der Waals surface area contributed by atoms with Crippen LogP contribution in [0.15, 0.2) is 48.5 Å². The number of carbonyl (C=O) groups excluding carboxylic acids is 1. The predicted molar refractivity (Wildman–Crippen MR) is 102 cm³/mol. The summed E-state index contributed by atoms with van der Waals surface area (Å²) in [5.74, 6) is 1.01. The molecule has 27 heavy (non-hydrogen) atoms. The van der Waals surface area contributed by atoms with Gasteiger partial charge in [-0.05, 0) is 48.7 Å². The van der Waals surface area contributed by atoms with E-state index in [-0.39, 0.29) is 17.5 Å². The number of fused-ring (bicyclic) bond motifs is 1. The zero-order chi connectivity index (χ0) is 19.0. The van der Waals surface area contributed by atoms with E-state index in [9.17, 15) is 9.18 Å². The van der Waals surface area contributed by atoms with Crippen LogP contribution in [-0.2, 0) is 6.42 Å². The number of para-hydroxylation sites is 1. The van der Waals surface area contributed by atoms with Crippen molar-refractivity contribution in [2.24, 2.45) is 5.92 Å². The number of methoxy groups -OCH3 is 1. The molecule has 1 N–H and O–H groups in total. The molecule has 0 amide bonds. The average Bonchev–Trinajstić information content (AvgIpc) is 3.02. The van der Waals surface area contributed by atoms with E-state index < -0.39 is 0 Å². The lowest BCUT2D eigenvalue weighted by Crippen LogP contribution is -2.19. The first-order valence-corrected chi connectivity index (χ1v) is 8.88. The van der Waals surface area contributed by atoms with E-state index in [0.29, 0.717) is 23.5 Å². The van der Waals surface area contributed by atoms with Crippen molar-refractivity contribution in [3.05, 3.63) is 65.6 Å². The average molecular weight is 365 g/mol. The first-order chi connectivity index (χ1) is 13.1. The quantitative estimate of drug-likeness (QED) is 0.738. The zero-order valence-electron chi connectivity index (χ0n) is 15.2. The van der Waals surface area contributed by atoms with E-state index in [1.165, 1.54) is 6.07 Å². The molecule has 0 radical (unpaired) electrons. The highest BCUT2D eigenvalue weighted by atomic mass is 19.1. The van der Waals surface area contributed by atoms with Gasteiger partial charge in [-0.3, -0.25) is 4.79 Å². The maximum absolute atomic E-state index is 14.1. The Morgan fingerprint density at radius 3 is 2.59 bits per heavy atom. The van der Waals surface area contributed by atoms with Gasteiger partial charge in [-0.25, -0.2) is 9.07 Å². The number of rotatable bonds is 4. The fourth-order valence-electron chi connectivity index (χ4n) is 3.47. The van der Waals surface area contributed by atoms with E-state index in [4.69, 9.17) is 4.74 Å². The zero-order valence-corrected chi connectivity index (χ0v) is 15.2. The highest BCUT2D eigenvalue weighted by Gasteiger charge is 2.31. The molecule has 3 aromatic rings. The minimum Gasteiger partial charge on any atom is -0.497 e. The number of benzene rings is 2. The lowest BCUT2D eigenvalue weighted by atomic mass is 9.87. The van der Waals surface area contributed by atoms with Crippen molar-refractivity contribution in [2.75, 3.05) is 12.4 Å². The first-order valence-electron chi connectivity index (χ1n) is 8.88. The summed E-state index contributed by atoms with van der Waals surface area (Å²) in [6.07, 6.45) is 1.20. The van der Waals surface area contributed by atoms with Gasteiger partial charge in [0.15, 0.2) is 11.6 Å². The van der Waals surface area contributed by atoms with Crippen LogP contribution >= 0.6 is 0 Å². The second kappa shape index (κ2) is 6.87. The maximum atomic E-state index is 14.1. The van der Waals surface area contributed by atoms with Crippen LogP contribution in [0.4, 0.5) is 15.9 Å². The van der Waals surface area contributed by atoms with Crippen molar-refractivity contribution in [3.8, 4) is 11.4 Å². The van der Waals surface area contributed by atoms with E-state index in [1.807, 2.05) is 24.3 Å². The molecule has 1 aromatic heterocycles. The summed E-state index contributed by atoms with van der Waals surface area (Å²) in [4.78, 5) is 12.7. The third-order valence-corrected chi connectivity index (χ3v) is 4.78. The molecule has 2 aromatic carbocycles. The highest BCUT2D eigenvalue weighted by Crippen LogP contribution is 2.34. The molecule has 1 heterocycles. The van der Waals surface area contributed by atoms with Gasteiger partial charge < -0.3 is 10.1 Å². The van der Waals surface area contributed by atoms with Crippen molar-refractivity contribution < 1.29 is 13.9 Å². The van der Waals surface area contributed by atoms with Crippen LogP contribution in [0.2, 0.25) is 0 Å². The summed E-state index contributed by atoms with van der Waals surface area (Å²) in [7, 11) is 1.61. The SMILES string of the molecule is COc1ccc(-n2nc(Nc3ccccc3F)c3c2C[C@H](C)CC3=O)cc1. The molecular weight excluding hydrogens is 345 g/mol. The molecule has 138 valence electrons. The Morgan fingerprint density at radius 1 is 1.15 bits per heavy atom. The van der Waals surface area contributed by atoms with Gasteiger partial charge in [-0.2, -0.15) is 0 Å². The summed E-state index contributed by atoms with van der Waals surface area (Å²) in [6, 6.07) is 13.8. The monoisotopic (exact) mass is 365 g/mol. The fraction of sp³-hybridized carbons (Fsp3) is 0.238. The van der Waals surface area contributed by atoms with Crippen molar-refractivity contribution in [1.29, 1.82) is 0 Å². The van der Waals surface area contributed by atoms with Gasteiger partial charge in [-0.1, -0.05) is 19.1 Å². The van der Waals surface area contributed by atoms with Crippen LogP contribution in [0.3, 0.4) is 0 Å². The van der Waals surface area contributed by atoms with Gasteiger partial charge in [0.1, 0.15) is 11.6 Å². The molecular formula is C21H20FN3O2. The molecule has 0 bridgehead atoms. The molecule has 0 aliphatic heterocycles. The highest BCUT2D eigenvalue weighted by molar-refractivity contribution is 6.03. The largest absolute Gasteiger partial charge is 0.497 e. The number of aromatic nitrogens is 2. The van der Waals surface area contributed by atoms with E-state index in [1.54, 1.807) is 30.0 Å². The normalized spacial score (nSPS) is 16.1. The van der Waals surface area contributed by atoms with Crippen LogP contribution in [0.1, 0.15) is 29.4 Å². The van der Waals surface area contributed by atoms with Gasteiger partial charge in [-0.15, -0.1) is 5.10 Å². The second-order valence-electron chi connectivity index (χ2n) is 6.82. The van der Waals surface area contributed by atoms with Crippen molar-refractivity contribution in [3.63, 3.8) is 0 Å². The summed E-state index contributed by atoms with van der Waals surface area (Å²) >= 11 is 0. The molecule has 0 spiro atoms. The van der Waals surface area contributed by atoms with Crippen LogP contribution < -0.4 is 10.1 Å². The number of anilines is 2. The molecule has 1 aliphatic rings. The van der Waals surface area contributed by atoms with Crippen LogP contribution in [0, 0.1) is 11.7 Å². The Kier molecular flexibility index (Phi) is 4.39. The number of hydrogen-bond acceptors (Lipinski definition) is 4. The number of hydrogen-bond donors (Lipinski definition) is 1. The minimum atomic E-state index is -0.387. The molecule has 1 atom stereocenters. The molecule has 0 saturated heterocycles. The predicted octanol–water partition coefficient (Wildman–Crippen LogP) is 4.53. The number of nitrogens with zero attached hydrogens (tertiary/aromatic N) is 2. The smallest absolute Gasteiger partial charge is 0.168 e. The maximum Gasteiger partial charge on any atom is 0.168 e. The minimum absolute atomic E-state index is 0.0300. The second-order valence-corrected chi connectivity index (χ2v) is 6.82. The number of nitrogens with one attached hydrogen (secondary N) is 1. The Hall–Kier alpha value is -3.15. The van der Waals surface area contributed by atoms with Gasteiger partial charge in [0, 0.05) is 6.42 Å². The summed E-state index contributed by atoms with van der Waals surface area (Å²) in [6.45, 7) is 2.05. The van der Waals surface area contributed by atoms with Crippen molar-refractivity contribution >= 4 is 17.3 Å². The van der Waals surface area contributed by atoms with Crippen molar-refractivity contribution in [1.82, 2.24) is 9.78 Å². The summed E-state index contributed by atoms with van der Waals surface area (Å²) < 4.78 is 21.1. The lowest BCUT2D eigenvalue weighted by molar-refractivity contribution is 0.0953. The molecule has 1 aliphatic carbocycles. The van der Waals surface area contributed by atoms with E-state index >= 15 is 0 Å². The third kappa shape index (κ3) is 3.18. The number of ether oxygens (including phenoxy) is 1. The number of carbonyl (C=O) groups is 1. The Balaban J connectivity index is 1.82. The molecule has 0 unspecified atom stereocenters. The number of halogens is 1. The molecule has 0 fully saturated rings. The fourth-order valence-corrected chi connectivity index (χ4v) is 3.47. The van der Waals surface area contributed by atoms with Gasteiger partial charge in [0.25, 0.3) is 0 Å². The van der Waals surface area contributed by atoms with E-state index in [2.05, 4.69) is 17.3 Å². The van der Waals surface area contributed by atoms with Crippen LogP contribution in [0.5, 0.6) is 5.75 Å². The molecule has 4 rings (SSSR count). The molecule has 6 heteroatoms. The standard InChI is InChI=1S/C21H20FN3O2/c1-13-11-18-20(19(26)12-13)21(23-17-6-4-3-5-16(17)22)24-25(18)14-7-9-15(27-2)10-8-14/h3-10,13H,11-12H2,1-2H3,(H,23,24)/t13-/m0/s1. The molecule has 5 nitrogen and oxygen atoms in total. The van der Waals surface area contributed by atoms with Crippen LogP contribution in [0.25, 0.3) is 5.69 Å². The van der Waals surface area contributed by atoms with Crippen LogP contribution in [-0.4, -0.2) is 22.7 Å². The number of ketones is 1. The summed E-state index contributed by atoms with van der Waals surface area (Å²) in [5, 5.41) is 7.62. The van der Waals surface area contributed by atoms with Gasteiger partial charge in [0.2, 0.25) is 0 Å². The lowest BCUT2D eigenvalue weighted by Gasteiger charge is -2.19. The van der Waals surface area contributed by atoms with Gasteiger partial charge in [0.05, 0.1) is 29.7 Å². The first kappa shape index (κ1) is 17.3.